The Balaban J connectivity index is 1.77. The summed E-state index contributed by atoms with van der Waals surface area (Å²) in [4.78, 5) is 29.2. The van der Waals surface area contributed by atoms with Gasteiger partial charge in [0.25, 0.3) is 5.91 Å². The third kappa shape index (κ3) is 3.41. The zero-order chi connectivity index (χ0) is 21.3. The highest BCUT2D eigenvalue weighted by Gasteiger charge is 2.43. The van der Waals surface area contributed by atoms with Crippen LogP contribution in [0.1, 0.15) is 32.8 Å². The van der Waals surface area contributed by atoms with E-state index in [1.807, 2.05) is 35.7 Å². The Morgan fingerprint density at radius 2 is 1.87 bits per heavy atom. The van der Waals surface area contributed by atoms with Crippen LogP contribution in [-0.4, -0.2) is 38.0 Å². The van der Waals surface area contributed by atoms with E-state index in [9.17, 15) is 9.59 Å². The average Bonchev–Trinajstić information content (AvgIpc) is 3.30. The van der Waals surface area contributed by atoms with Crippen molar-refractivity contribution in [3.05, 3.63) is 76.0 Å². The van der Waals surface area contributed by atoms with Crippen LogP contribution in [0.3, 0.4) is 0 Å². The van der Waals surface area contributed by atoms with Crippen LogP contribution >= 0.6 is 11.3 Å². The molecule has 0 bridgehead atoms. The molecule has 0 saturated carbocycles. The third-order valence-corrected chi connectivity index (χ3v) is 6.31. The van der Waals surface area contributed by atoms with Crippen LogP contribution in [0, 0.1) is 0 Å². The number of hydrogen-bond donors (Lipinski definition) is 1. The van der Waals surface area contributed by atoms with Gasteiger partial charge in [-0.25, -0.2) is 0 Å². The second kappa shape index (κ2) is 8.20. The summed E-state index contributed by atoms with van der Waals surface area (Å²) in [6.45, 7) is 0. The van der Waals surface area contributed by atoms with Crippen LogP contribution in [0.15, 0.2) is 60.0 Å². The SMILES string of the molecule is COc1ccc(NC(=O)[C@@H]2c3ccccc3C(=O)N(C)[C@@H]2c2cccs2)c(OC)c1. The second-order valence-corrected chi connectivity index (χ2v) is 7.98. The van der Waals surface area contributed by atoms with E-state index >= 15 is 0 Å². The lowest BCUT2D eigenvalue weighted by Crippen LogP contribution is -2.43. The van der Waals surface area contributed by atoms with Crippen LogP contribution in [-0.2, 0) is 4.79 Å². The fourth-order valence-electron chi connectivity index (χ4n) is 3.88. The van der Waals surface area contributed by atoms with Gasteiger partial charge in [-0.2, -0.15) is 0 Å². The minimum Gasteiger partial charge on any atom is -0.497 e. The summed E-state index contributed by atoms with van der Waals surface area (Å²) in [5.74, 6) is 0.284. The number of nitrogens with one attached hydrogen (secondary N) is 1. The topological polar surface area (TPSA) is 67.9 Å². The first-order valence-electron chi connectivity index (χ1n) is 9.47. The van der Waals surface area contributed by atoms with Crippen molar-refractivity contribution in [1.82, 2.24) is 4.90 Å². The first-order valence-corrected chi connectivity index (χ1v) is 10.4. The zero-order valence-electron chi connectivity index (χ0n) is 16.9. The van der Waals surface area contributed by atoms with Crippen LogP contribution in [0.25, 0.3) is 0 Å². The van der Waals surface area contributed by atoms with E-state index in [2.05, 4.69) is 5.32 Å². The van der Waals surface area contributed by atoms with E-state index in [-0.39, 0.29) is 11.8 Å². The monoisotopic (exact) mass is 422 g/mol. The van der Waals surface area contributed by atoms with E-state index in [0.29, 0.717) is 22.7 Å². The van der Waals surface area contributed by atoms with Gasteiger partial charge in [0, 0.05) is 23.6 Å². The summed E-state index contributed by atoms with van der Waals surface area (Å²) in [6, 6.07) is 16.0. The molecule has 30 heavy (non-hydrogen) atoms. The average molecular weight is 423 g/mol. The predicted octanol–water partition coefficient (Wildman–Crippen LogP) is 4.31. The summed E-state index contributed by atoms with van der Waals surface area (Å²) >= 11 is 1.53. The first kappa shape index (κ1) is 20.0. The molecular weight excluding hydrogens is 400 g/mol. The number of methoxy groups -OCH3 is 2. The molecule has 1 aromatic heterocycles. The number of amides is 2. The van der Waals surface area contributed by atoms with E-state index in [0.717, 1.165) is 10.4 Å². The van der Waals surface area contributed by atoms with Gasteiger partial charge in [-0.15, -0.1) is 11.3 Å². The molecule has 2 amide bonds. The van der Waals surface area contributed by atoms with Crippen molar-refractivity contribution in [3.63, 3.8) is 0 Å². The lowest BCUT2D eigenvalue weighted by molar-refractivity contribution is -0.119. The quantitative estimate of drug-likeness (QED) is 0.665. The molecule has 0 spiro atoms. The molecule has 0 saturated heterocycles. The number of nitrogens with zero attached hydrogens (tertiary/aromatic N) is 1. The molecule has 0 fully saturated rings. The fraction of sp³-hybridized carbons (Fsp3) is 0.217. The van der Waals surface area contributed by atoms with Gasteiger partial charge < -0.3 is 19.7 Å². The molecule has 1 aliphatic heterocycles. The number of ether oxygens (including phenoxy) is 2. The standard InChI is InChI=1S/C23H22N2O4S/c1-25-21(19-9-6-12-30-19)20(15-7-4-5-8-16(15)23(25)27)22(26)24-17-11-10-14(28-2)13-18(17)29-3/h4-13,20-21H,1-3H3,(H,24,26)/t20-,21-/m1/s1. The van der Waals surface area contributed by atoms with Crippen molar-refractivity contribution in [2.75, 3.05) is 26.6 Å². The van der Waals surface area contributed by atoms with Gasteiger partial charge in [-0.05, 0) is 35.2 Å². The molecule has 154 valence electrons. The van der Waals surface area contributed by atoms with Gasteiger partial charge in [0.15, 0.2) is 0 Å². The van der Waals surface area contributed by atoms with Crippen molar-refractivity contribution < 1.29 is 19.1 Å². The maximum Gasteiger partial charge on any atom is 0.254 e. The third-order valence-electron chi connectivity index (χ3n) is 5.36. The van der Waals surface area contributed by atoms with Crippen LogP contribution in [0.2, 0.25) is 0 Å². The van der Waals surface area contributed by atoms with Crippen LogP contribution in [0.5, 0.6) is 11.5 Å². The minimum atomic E-state index is -0.561. The molecule has 0 aliphatic carbocycles. The summed E-state index contributed by atoms with van der Waals surface area (Å²) in [6.07, 6.45) is 0. The number of carbonyl (C=O) groups is 2. The highest BCUT2D eigenvalue weighted by Crippen LogP contribution is 2.44. The molecule has 7 heteroatoms. The molecule has 0 unspecified atom stereocenters. The molecule has 1 N–H and O–H groups in total. The molecule has 2 aromatic carbocycles. The van der Waals surface area contributed by atoms with Crippen LogP contribution in [0.4, 0.5) is 5.69 Å². The van der Waals surface area contributed by atoms with E-state index in [4.69, 9.17) is 9.47 Å². The van der Waals surface area contributed by atoms with E-state index in [1.165, 1.54) is 11.3 Å². The smallest absolute Gasteiger partial charge is 0.254 e. The molecule has 0 radical (unpaired) electrons. The Morgan fingerprint density at radius 3 is 2.57 bits per heavy atom. The molecule has 2 atom stereocenters. The van der Waals surface area contributed by atoms with Crippen LogP contribution < -0.4 is 14.8 Å². The predicted molar refractivity (Wildman–Crippen MR) is 117 cm³/mol. The maximum absolute atomic E-state index is 13.6. The molecule has 6 nitrogen and oxygen atoms in total. The maximum atomic E-state index is 13.6. The van der Waals surface area contributed by atoms with E-state index in [1.54, 1.807) is 50.4 Å². The molecular formula is C23H22N2O4S. The lowest BCUT2D eigenvalue weighted by Gasteiger charge is -2.39. The van der Waals surface area contributed by atoms with Gasteiger partial charge in [-0.1, -0.05) is 24.3 Å². The minimum absolute atomic E-state index is 0.0879. The Labute approximate surface area is 179 Å². The summed E-state index contributed by atoms with van der Waals surface area (Å²) in [5.41, 5.74) is 1.82. The number of carbonyl (C=O) groups excluding carboxylic acids is 2. The summed E-state index contributed by atoms with van der Waals surface area (Å²) in [7, 11) is 4.86. The molecule has 3 aromatic rings. The van der Waals surface area contributed by atoms with Crippen molar-refractivity contribution >= 4 is 28.8 Å². The van der Waals surface area contributed by atoms with Gasteiger partial charge in [0.2, 0.25) is 5.91 Å². The number of benzene rings is 2. The molecule has 2 heterocycles. The van der Waals surface area contributed by atoms with E-state index < -0.39 is 12.0 Å². The van der Waals surface area contributed by atoms with Crippen molar-refractivity contribution in [1.29, 1.82) is 0 Å². The number of hydrogen-bond acceptors (Lipinski definition) is 5. The fourth-order valence-corrected chi connectivity index (χ4v) is 4.79. The highest BCUT2D eigenvalue weighted by molar-refractivity contribution is 7.10. The first-order chi connectivity index (χ1) is 14.5. The van der Waals surface area contributed by atoms with Gasteiger partial charge >= 0.3 is 0 Å². The number of likely N-dealkylation sites (N-methyl/N-ethyl adjacent to an activating group) is 1. The number of anilines is 1. The summed E-state index contributed by atoms with van der Waals surface area (Å²) < 4.78 is 10.7. The van der Waals surface area contributed by atoms with Crippen molar-refractivity contribution in [3.8, 4) is 11.5 Å². The number of fused-ring (bicyclic) bond motifs is 1. The van der Waals surface area contributed by atoms with Gasteiger partial charge in [-0.3, -0.25) is 9.59 Å². The zero-order valence-corrected chi connectivity index (χ0v) is 17.7. The number of rotatable bonds is 5. The Morgan fingerprint density at radius 1 is 1.07 bits per heavy atom. The Bertz CT molecular complexity index is 1080. The Hall–Kier alpha value is -3.32. The lowest BCUT2D eigenvalue weighted by atomic mass is 9.81. The number of thiophene rings is 1. The highest BCUT2D eigenvalue weighted by atomic mass is 32.1. The second-order valence-electron chi connectivity index (χ2n) is 7.00. The Kier molecular flexibility index (Phi) is 5.46. The molecule has 1 aliphatic rings. The summed E-state index contributed by atoms with van der Waals surface area (Å²) in [5, 5.41) is 4.95. The van der Waals surface area contributed by atoms with Crippen molar-refractivity contribution in [2.45, 2.75) is 12.0 Å². The molecule has 4 rings (SSSR count). The van der Waals surface area contributed by atoms with Crippen molar-refractivity contribution in [2.24, 2.45) is 0 Å². The largest absolute Gasteiger partial charge is 0.497 e. The van der Waals surface area contributed by atoms with Gasteiger partial charge in [0.1, 0.15) is 11.5 Å². The normalized spacial score (nSPS) is 18.0. The van der Waals surface area contributed by atoms with Gasteiger partial charge in [0.05, 0.1) is 31.9 Å².